The smallest absolute Gasteiger partial charge is 0.336 e. The Morgan fingerprint density at radius 1 is 1.03 bits per heavy atom. The van der Waals surface area contributed by atoms with E-state index in [1.807, 2.05) is 60.7 Å². The second-order valence-electron chi connectivity index (χ2n) is 8.22. The number of ether oxygens (including phenoxy) is 2. The molecule has 0 aliphatic rings. The van der Waals surface area contributed by atoms with Gasteiger partial charge in [0.05, 0.1) is 19.0 Å². The quantitative estimate of drug-likeness (QED) is 0.230. The number of alkyl halides is 1. The largest absolute Gasteiger partial charge is 0.456 e. The van der Waals surface area contributed by atoms with Crippen molar-refractivity contribution in [2.24, 2.45) is 5.41 Å². The van der Waals surface area contributed by atoms with Gasteiger partial charge in [-0.05, 0) is 24.5 Å². The van der Waals surface area contributed by atoms with Crippen molar-refractivity contribution in [2.45, 2.75) is 46.0 Å². The van der Waals surface area contributed by atoms with Gasteiger partial charge in [-0.3, -0.25) is 4.18 Å². The molecule has 0 amide bonds. The van der Waals surface area contributed by atoms with Crippen LogP contribution in [0.25, 0.3) is 0 Å². The van der Waals surface area contributed by atoms with Crippen molar-refractivity contribution in [3.63, 3.8) is 0 Å². The van der Waals surface area contributed by atoms with Crippen LogP contribution < -0.4 is 0 Å². The van der Waals surface area contributed by atoms with Gasteiger partial charge >= 0.3 is 5.97 Å². The van der Waals surface area contributed by atoms with Crippen LogP contribution in [0, 0.1) is 5.41 Å². The lowest BCUT2D eigenvalue weighted by atomic mass is 9.87. The zero-order chi connectivity index (χ0) is 23.6. The molecule has 0 unspecified atom stereocenters. The van der Waals surface area contributed by atoms with E-state index >= 15 is 0 Å². The molecule has 0 saturated heterocycles. The van der Waals surface area contributed by atoms with Gasteiger partial charge in [-0.15, -0.1) is 11.6 Å². The second kappa shape index (κ2) is 12.3. The van der Waals surface area contributed by atoms with Gasteiger partial charge in [0, 0.05) is 11.3 Å². The molecule has 0 aromatic heterocycles. The first-order chi connectivity index (χ1) is 15.1. The van der Waals surface area contributed by atoms with Gasteiger partial charge in [0.25, 0.3) is 10.1 Å². The summed E-state index contributed by atoms with van der Waals surface area (Å²) in [6.45, 7) is 5.15. The minimum Gasteiger partial charge on any atom is -0.456 e. The van der Waals surface area contributed by atoms with Crippen LogP contribution >= 0.6 is 11.6 Å². The Balaban J connectivity index is 2.15. The van der Waals surface area contributed by atoms with E-state index in [4.69, 9.17) is 25.3 Å². The molecule has 0 saturated carbocycles. The molecule has 0 radical (unpaired) electrons. The van der Waals surface area contributed by atoms with Crippen LogP contribution in [-0.4, -0.2) is 38.7 Å². The Morgan fingerprint density at radius 2 is 1.62 bits per heavy atom. The number of carbonyl (C=O) groups excluding carboxylic acids is 1. The fourth-order valence-corrected chi connectivity index (χ4v) is 4.39. The Bertz CT molecular complexity index is 931. The van der Waals surface area contributed by atoms with Crippen LogP contribution in [0.4, 0.5) is 0 Å². The van der Waals surface area contributed by atoms with Crippen LogP contribution in [0.2, 0.25) is 0 Å². The second-order valence-corrected chi connectivity index (χ2v) is 10.4. The van der Waals surface area contributed by atoms with Gasteiger partial charge in [0.2, 0.25) is 0 Å². The number of esters is 1. The molecule has 0 aliphatic carbocycles. The molecular formula is C24H31ClO6S. The van der Waals surface area contributed by atoms with E-state index in [0.717, 1.165) is 11.1 Å². The molecule has 0 spiro atoms. The average Bonchev–Trinajstić information content (AvgIpc) is 2.78. The summed E-state index contributed by atoms with van der Waals surface area (Å²) >= 11 is 5.59. The maximum atomic E-state index is 13.1. The lowest BCUT2D eigenvalue weighted by Gasteiger charge is -2.32. The van der Waals surface area contributed by atoms with E-state index in [-0.39, 0.29) is 31.3 Å². The van der Waals surface area contributed by atoms with Crippen LogP contribution in [0.5, 0.6) is 0 Å². The van der Waals surface area contributed by atoms with Crippen molar-refractivity contribution in [2.75, 3.05) is 18.2 Å². The summed E-state index contributed by atoms with van der Waals surface area (Å²) in [5, 5.41) is 0. The summed E-state index contributed by atoms with van der Waals surface area (Å²) in [6.07, 6.45) is -1.25. The summed E-state index contributed by atoms with van der Waals surface area (Å²) in [7, 11) is -3.76. The predicted octanol–water partition coefficient (Wildman–Crippen LogP) is 4.88. The highest BCUT2D eigenvalue weighted by Gasteiger charge is 2.40. The number of hydrogen-bond acceptors (Lipinski definition) is 6. The van der Waals surface area contributed by atoms with Gasteiger partial charge in [0.15, 0.2) is 6.10 Å². The number of halogens is 1. The standard InChI is InChI=1S/C24H31ClO6S/c1-19(21-13-8-5-9-14-21)31-23(26)22(29-17-20-11-6-4-7-12-20)24(2,3)18-30-32(27,28)16-10-15-25/h4-9,11-14,19,22H,10,15-18H2,1-3H3/t19-,22+/m1/s1. The normalized spacial score (nSPS) is 14.0. The first-order valence-electron chi connectivity index (χ1n) is 10.5. The Kier molecular flexibility index (Phi) is 10.2. The van der Waals surface area contributed by atoms with E-state index in [9.17, 15) is 13.2 Å². The lowest BCUT2D eigenvalue weighted by Crippen LogP contribution is -2.43. The van der Waals surface area contributed by atoms with Gasteiger partial charge in [-0.1, -0.05) is 74.5 Å². The summed E-state index contributed by atoms with van der Waals surface area (Å²) in [5.74, 6) is -0.542. The van der Waals surface area contributed by atoms with Crippen molar-refractivity contribution >= 4 is 27.7 Å². The molecule has 0 fully saturated rings. The zero-order valence-electron chi connectivity index (χ0n) is 18.7. The molecular weight excluding hydrogens is 452 g/mol. The highest BCUT2D eigenvalue weighted by molar-refractivity contribution is 7.86. The highest BCUT2D eigenvalue weighted by Crippen LogP contribution is 2.29. The minimum atomic E-state index is -3.76. The third kappa shape index (κ3) is 8.54. The Labute approximate surface area is 196 Å². The number of rotatable bonds is 13. The van der Waals surface area contributed by atoms with Crippen molar-refractivity contribution in [3.8, 4) is 0 Å². The SMILES string of the molecule is C[C@@H](OC(=O)[C@H](OCc1ccccc1)C(C)(C)COS(=O)(=O)CCCCl)c1ccccc1. The van der Waals surface area contributed by atoms with Crippen molar-refractivity contribution in [1.29, 1.82) is 0 Å². The topological polar surface area (TPSA) is 78.9 Å². The van der Waals surface area contributed by atoms with Gasteiger partial charge in [-0.25, -0.2) is 4.79 Å². The van der Waals surface area contributed by atoms with E-state index in [2.05, 4.69) is 0 Å². The third-order valence-electron chi connectivity index (χ3n) is 4.88. The van der Waals surface area contributed by atoms with Crippen LogP contribution in [-0.2, 0) is 35.2 Å². The average molecular weight is 483 g/mol. The predicted molar refractivity (Wildman–Crippen MR) is 125 cm³/mol. The maximum absolute atomic E-state index is 13.1. The molecule has 2 aromatic rings. The van der Waals surface area contributed by atoms with Crippen molar-refractivity contribution in [1.82, 2.24) is 0 Å². The zero-order valence-corrected chi connectivity index (χ0v) is 20.3. The van der Waals surface area contributed by atoms with E-state index in [1.165, 1.54) is 0 Å². The number of carbonyl (C=O) groups is 1. The molecule has 2 rings (SSSR count). The fraction of sp³-hybridized carbons (Fsp3) is 0.458. The maximum Gasteiger partial charge on any atom is 0.336 e. The molecule has 32 heavy (non-hydrogen) atoms. The molecule has 6 nitrogen and oxygen atoms in total. The van der Waals surface area contributed by atoms with E-state index < -0.39 is 33.7 Å². The van der Waals surface area contributed by atoms with E-state index in [1.54, 1.807) is 20.8 Å². The molecule has 176 valence electrons. The first kappa shape index (κ1) is 26.3. The third-order valence-corrected chi connectivity index (χ3v) is 6.42. The lowest BCUT2D eigenvalue weighted by molar-refractivity contribution is -0.174. The van der Waals surface area contributed by atoms with Crippen LogP contribution in [0.15, 0.2) is 60.7 Å². The monoisotopic (exact) mass is 482 g/mol. The van der Waals surface area contributed by atoms with Crippen LogP contribution in [0.3, 0.4) is 0 Å². The minimum absolute atomic E-state index is 0.169. The van der Waals surface area contributed by atoms with Crippen molar-refractivity contribution in [3.05, 3.63) is 71.8 Å². The van der Waals surface area contributed by atoms with E-state index in [0.29, 0.717) is 0 Å². The summed E-state index contributed by atoms with van der Waals surface area (Å²) < 4.78 is 41.1. The molecule has 0 bridgehead atoms. The molecule has 2 aromatic carbocycles. The fourth-order valence-electron chi connectivity index (χ4n) is 3.00. The van der Waals surface area contributed by atoms with Gasteiger partial charge < -0.3 is 9.47 Å². The Morgan fingerprint density at radius 3 is 2.22 bits per heavy atom. The number of hydrogen-bond donors (Lipinski definition) is 0. The first-order valence-corrected chi connectivity index (χ1v) is 12.6. The molecule has 8 heteroatoms. The Hall–Kier alpha value is -1.93. The number of benzene rings is 2. The van der Waals surface area contributed by atoms with Gasteiger partial charge in [-0.2, -0.15) is 8.42 Å². The van der Waals surface area contributed by atoms with Crippen molar-refractivity contribution < 1.29 is 26.9 Å². The summed E-state index contributed by atoms with van der Waals surface area (Å²) in [6, 6.07) is 18.8. The highest BCUT2D eigenvalue weighted by atomic mass is 35.5. The summed E-state index contributed by atoms with van der Waals surface area (Å²) in [4.78, 5) is 13.1. The molecule has 0 aliphatic heterocycles. The molecule has 0 heterocycles. The van der Waals surface area contributed by atoms with Gasteiger partial charge in [0.1, 0.15) is 6.10 Å². The molecule has 2 atom stereocenters. The van der Waals surface area contributed by atoms with Crippen LogP contribution in [0.1, 0.15) is 44.4 Å². The molecule has 0 N–H and O–H groups in total. The summed E-state index contributed by atoms with van der Waals surface area (Å²) in [5.41, 5.74) is 0.754.